The van der Waals surface area contributed by atoms with Crippen molar-refractivity contribution in [3.05, 3.63) is 64.1 Å². The van der Waals surface area contributed by atoms with E-state index in [1.807, 2.05) is 32.0 Å². The zero-order valence-electron chi connectivity index (χ0n) is 19.3. The molecule has 2 N–H and O–H groups in total. The second-order valence-electron chi connectivity index (χ2n) is 8.60. The van der Waals surface area contributed by atoms with Crippen LogP contribution in [0.5, 0.6) is 11.5 Å². The van der Waals surface area contributed by atoms with Crippen LogP contribution in [-0.2, 0) is 29.1 Å². The van der Waals surface area contributed by atoms with Crippen molar-refractivity contribution in [3.63, 3.8) is 0 Å². The summed E-state index contributed by atoms with van der Waals surface area (Å²) in [6.07, 6.45) is 0.357. The first kappa shape index (κ1) is 23.3. The minimum Gasteiger partial charge on any atom is -0.454 e. The van der Waals surface area contributed by atoms with Gasteiger partial charge in [-0.25, -0.2) is 4.98 Å². The number of carbonyl (C=O) groups excluding carboxylic acids is 2. The van der Waals surface area contributed by atoms with Crippen molar-refractivity contribution in [2.24, 2.45) is 5.92 Å². The highest BCUT2D eigenvalue weighted by Gasteiger charge is 2.16. The first-order valence-corrected chi connectivity index (χ1v) is 11.3. The summed E-state index contributed by atoms with van der Waals surface area (Å²) < 4.78 is 12.1. The van der Waals surface area contributed by atoms with E-state index in [2.05, 4.69) is 15.6 Å². The molecule has 0 unspecified atom stereocenters. The number of nitrogens with zero attached hydrogens (tertiary/aromatic N) is 2. The van der Waals surface area contributed by atoms with Gasteiger partial charge in [-0.3, -0.25) is 19.0 Å². The lowest BCUT2D eigenvalue weighted by Gasteiger charge is -2.13. The van der Waals surface area contributed by atoms with Crippen molar-refractivity contribution in [2.75, 3.05) is 13.3 Å². The predicted octanol–water partition coefficient (Wildman–Crippen LogP) is 2.15. The highest BCUT2D eigenvalue weighted by molar-refractivity contribution is 5.80. The highest BCUT2D eigenvalue weighted by Crippen LogP contribution is 2.32. The average molecular weight is 465 g/mol. The molecule has 2 amide bonds. The second kappa shape index (κ2) is 10.4. The van der Waals surface area contributed by atoms with Gasteiger partial charge < -0.3 is 20.1 Å². The van der Waals surface area contributed by atoms with Crippen LogP contribution in [-0.4, -0.2) is 34.7 Å². The van der Waals surface area contributed by atoms with Crippen molar-refractivity contribution in [3.8, 4) is 11.5 Å². The maximum Gasteiger partial charge on any atom is 0.273 e. The van der Waals surface area contributed by atoms with Crippen molar-refractivity contribution >= 4 is 22.8 Å². The molecule has 2 heterocycles. The highest BCUT2D eigenvalue weighted by atomic mass is 16.7. The number of para-hydroxylation sites is 2. The van der Waals surface area contributed by atoms with Gasteiger partial charge in [-0.15, -0.1) is 0 Å². The summed E-state index contributed by atoms with van der Waals surface area (Å²) in [4.78, 5) is 42.5. The lowest BCUT2D eigenvalue weighted by Crippen LogP contribution is -2.34. The quantitative estimate of drug-likeness (QED) is 0.502. The average Bonchev–Trinajstić information content (AvgIpc) is 3.30. The SMILES string of the molecule is CC(C)CNC(=O)CCc1nc2ccccc2n(CC(=O)NCc2ccc3c(c2)OCO3)c1=O. The molecule has 4 rings (SSSR count). The number of benzene rings is 2. The van der Waals surface area contributed by atoms with E-state index in [1.165, 1.54) is 4.57 Å². The summed E-state index contributed by atoms with van der Waals surface area (Å²) in [5, 5.41) is 5.70. The van der Waals surface area contributed by atoms with Gasteiger partial charge in [0, 0.05) is 25.9 Å². The van der Waals surface area contributed by atoms with Gasteiger partial charge in [-0.2, -0.15) is 0 Å². The molecule has 0 atom stereocenters. The number of nitrogens with one attached hydrogen (secondary N) is 2. The molecule has 0 aliphatic carbocycles. The normalized spacial score (nSPS) is 12.2. The summed E-state index contributed by atoms with van der Waals surface area (Å²) in [5.41, 5.74) is 1.93. The fourth-order valence-corrected chi connectivity index (χ4v) is 3.65. The fourth-order valence-electron chi connectivity index (χ4n) is 3.65. The Morgan fingerprint density at radius 3 is 2.68 bits per heavy atom. The summed E-state index contributed by atoms with van der Waals surface area (Å²) in [5.74, 6) is 1.23. The van der Waals surface area contributed by atoms with Crippen LogP contribution in [0.1, 0.15) is 31.5 Å². The minimum atomic E-state index is -0.367. The molecule has 1 aliphatic heterocycles. The van der Waals surface area contributed by atoms with E-state index >= 15 is 0 Å². The van der Waals surface area contributed by atoms with Crippen LogP contribution in [0.4, 0.5) is 0 Å². The van der Waals surface area contributed by atoms with Crippen LogP contribution in [0.25, 0.3) is 11.0 Å². The van der Waals surface area contributed by atoms with Crippen LogP contribution in [0, 0.1) is 5.92 Å². The Bertz CT molecular complexity index is 1270. The lowest BCUT2D eigenvalue weighted by atomic mass is 10.2. The Labute approximate surface area is 197 Å². The molecule has 34 heavy (non-hydrogen) atoms. The van der Waals surface area contributed by atoms with E-state index in [1.54, 1.807) is 24.3 Å². The maximum atomic E-state index is 13.2. The lowest BCUT2D eigenvalue weighted by molar-refractivity contribution is -0.122. The van der Waals surface area contributed by atoms with E-state index in [4.69, 9.17) is 9.47 Å². The van der Waals surface area contributed by atoms with Gasteiger partial charge in [0.1, 0.15) is 12.2 Å². The number of hydrogen-bond acceptors (Lipinski definition) is 6. The minimum absolute atomic E-state index is 0.129. The van der Waals surface area contributed by atoms with Crippen LogP contribution >= 0.6 is 0 Å². The van der Waals surface area contributed by atoms with Gasteiger partial charge in [0.25, 0.3) is 5.56 Å². The van der Waals surface area contributed by atoms with Gasteiger partial charge in [0.05, 0.1) is 11.0 Å². The molecule has 0 saturated heterocycles. The fraction of sp³-hybridized carbons (Fsp3) is 0.360. The first-order chi connectivity index (χ1) is 16.4. The predicted molar refractivity (Wildman–Crippen MR) is 127 cm³/mol. The van der Waals surface area contributed by atoms with Gasteiger partial charge in [0.15, 0.2) is 11.5 Å². The smallest absolute Gasteiger partial charge is 0.273 e. The molecule has 2 aromatic carbocycles. The topological polar surface area (TPSA) is 112 Å². The standard InChI is InChI=1S/C25H28N4O5/c1-16(2)12-26-23(30)10-8-19-25(32)29(20-6-4-3-5-18(20)28-19)14-24(31)27-13-17-7-9-21-22(11-17)34-15-33-21/h3-7,9,11,16H,8,10,12-15H2,1-2H3,(H,26,30)(H,27,31). The van der Waals surface area contributed by atoms with Crippen molar-refractivity contribution in [2.45, 2.75) is 39.8 Å². The number of ether oxygens (including phenoxy) is 2. The number of rotatable bonds is 9. The number of hydrogen-bond donors (Lipinski definition) is 2. The third-order valence-corrected chi connectivity index (χ3v) is 5.44. The molecule has 0 spiro atoms. The Morgan fingerprint density at radius 1 is 1.06 bits per heavy atom. The zero-order chi connectivity index (χ0) is 24.1. The Morgan fingerprint density at radius 2 is 1.85 bits per heavy atom. The van der Waals surface area contributed by atoms with Crippen LogP contribution < -0.4 is 25.7 Å². The number of aromatic nitrogens is 2. The molecule has 9 nitrogen and oxygen atoms in total. The molecule has 1 aliphatic rings. The molecular formula is C25H28N4O5. The molecule has 0 radical (unpaired) electrons. The van der Waals surface area contributed by atoms with Gasteiger partial charge in [-0.1, -0.05) is 32.0 Å². The zero-order valence-corrected chi connectivity index (χ0v) is 19.3. The van der Waals surface area contributed by atoms with Gasteiger partial charge in [0.2, 0.25) is 18.6 Å². The van der Waals surface area contributed by atoms with Crippen LogP contribution in [0.2, 0.25) is 0 Å². The Hall–Kier alpha value is -3.88. The third-order valence-electron chi connectivity index (χ3n) is 5.44. The molecule has 1 aromatic heterocycles. The number of aryl methyl sites for hydroxylation is 1. The van der Waals surface area contributed by atoms with E-state index in [0.717, 1.165) is 5.56 Å². The van der Waals surface area contributed by atoms with Crippen LogP contribution in [0.15, 0.2) is 47.3 Å². The Balaban J connectivity index is 1.47. The Kier molecular flexibility index (Phi) is 7.10. The van der Waals surface area contributed by atoms with Gasteiger partial charge >= 0.3 is 0 Å². The van der Waals surface area contributed by atoms with E-state index in [-0.39, 0.29) is 55.8 Å². The molecule has 0 bridgehead atoms. The van der Waals surface area contributed by atoms with Crippen LogP contribution in [0.3, 0.4) is 0 Å². The van der Waals surface area contributed by atoms with E-state index in [0.29, 0.717) is 35.0 Å². The third kappa shape index (κ3) is 5.54. The number of fused-ring (bicyclic) bond motifs is 2. The largest absolute Gasteiger partial charge is 0.454 e. The van der Waals surface area contributed by atoms with Crippen molar-refractivity contribution in [1.29, 1.82) is 0 Å². The van der Waals surface area contributed by atoms with Crippen molar-refractivity contribution in [1.82, 2.24) is 20.2 Å². The summed E-state index contributed by atoms with van der Waals surface area (Å²) in [7, 11) is 0. The molecule has 3 aromatic rings. The second-order valence-corrected chi connectivity index (χ2v) is 8.60. The molecule has 178 valence electrons. The van der Waals surface area contributed by atoms with E-state index in [9.17, 15) is 14.4 Å². The monoisotopic (exact) mass is 464 g/mol. The molecule has 0 saturated carbocycles. The summed E-state index contributed by atoms with van der Waals surface area (Å²) in [6.45, 7) is 4.93. The number of carbonyl (C=O) groups is 2. The van der Waals surface area contributed by atoms with Crippen molar-refractivity contribution < 1.29 is 19.1 Å². The summed E-state index contributed by atoms with van der Waals surface area (Å²) in [6, 6.07) is 12.6. The van der Waals surface area contributed by atoms with Gasteiger partial charge in [-0.05, 0) is 35.7 Å². The maximum absolute atomic E-state index is 13.2. The first-order valence-electron chi connectivity index (χ1n) is 11.3. The molecule has 9 heteroatoms. The van der Waals surface area contributed by atoms with E-state index < -0.39 is 0 Å². The number of amides is 2. The molecule has 0 fully saturated rings. The summed E-state index contributed by atoms with van der Waals surface area (Å²) >= 11 is 0. The molecular weight excluding hydrogens is 436 g/mol.